The number of urea groups is 1. The van der Waals surface area contributed by atoms with Gasteiger partial charge in [-0.2, -0.15) is 10.4 Å². The van der Waals surface area contributed by atoms with Crippen LogP contribution in [0.5, 0.6) is 11.5 Å². The molecule has 2 aromatic heterocycles. The number of nitrogens with one attached hydrogen (secondary N) is 2. The van der Waals surface area contributed by atoms with Crippen molar-refractivity contribution in [2.24, 2.45) is 7.05 Å². The maximum absolute atomic E-state index is 16.0. The first-order valence-corrected chi connectivity index (χ1v) is 22.0. The number of alkyl halides is 2. The number of aryl methyl sites for hydroxylation is 1. The highest BCUT2D eigenvalue weighted by Gasteiger charge is 2.48. The quantitative estimate of drug-likeness (QED) is 0.0880. The molecular weight excluding hydrogens is 857 g/mol. The van der Waals surface area contributed by atoms with E-state index in [4.69, 9.17) is 9.47 Å². The Bertz CT molecular complexity index is 2700. The van der Waals surface area contributed by atoms with E-state index in [1.165, 1.54) is 56.9 Å². The number of amides is 3. The van der Waals surface area contributed by atoms with Crippen molar-refractivity contribution >= 4 is 57.4 Å². The predicted octanol–water partition coefficient (Wildman–Crippen LogP) is 7.61. The normalized spacial score (nSPS) is 21.0. The summed E-state index contributed by atoms with van der Waals surface area (Å²) in [5, 5.41) is 17.0. The third-order valence-corrected chi connectivity index (χ3v) is 13.3. The van der Waals surface area contributed by atoms with Gasteiger partial charge in [-0.05, 0) is 101 Å². The van der Waals surface area contributed by atoms with Gasteiger partial charge in [-0.25, -0.2) is 31.6 Å². The number of hydrogen-bond donors (Lipinski definition) is 2. The molecule has 2 atom stereocenters. The molecule has 20 heteroatoms. The summed E-state index contributed by atoms with van der Waals surface area (Å²) in [5.41, 5.74) is 0.697. The van der Waals surface area contributed by atoms with Crippen LogP contribution in [0.4, 0.5) is 33.9 Å². The molecule has 3 aliphatic rings. The second kappa shape index (κ2) is 18.4. The van der Waals surface area contributed by atoms with Gasteiger partial charge in [0.1, 0.15) is 23.2 Å². The topological polar surface area (TPSA) is 163 Å². The summed E-state index contributed by atoms with van der Waals surface area (Å²) in [7, 11) is 3.46. The van der Waals surface area contributed by atoms with Gasteiger partial charge in [0, 0.05) is 50.1 Å². The second-order valence-electron chi connectivity index (χ2n) is 16.6. The molecule has 2 saturated heterocycles. The van der Waals surface area contributed by atoms with Gasteiger partial charge in [0.25, 0.3) is 11.5 Å². The van der Waals surface area contributed by atoms with Crippen LogP contribution in [0.15, 0.2) is 53.6 Å². The van der Waals surface area contributed by atoms with Crippen LogP contribution in [0, 0.1) is 23.0 Å². The zero-order valence-electron chi connectivity index (χ0n) is 35.7. The summed E-state index contributed by atoms with van der Waals surface area (Å²) in [6.07, 6.45) is 3.95. The molecule has 3 fully saturated rings. The summed E-state index contributed by atoms with van der Waals surface area (Å²) in [6, 6.07) is 10.7. The summed E-state index contributed by atoms with van der Waals surface area (Å²) >= 11 is 1.25. The molecule has 2 aliphatic heterocycles. The number of carbonyl (C=O) groups is 2. The maximum Gasteiger partial charge on any atom is 0.329 e. The number of piperidine rings is 1. The number of imide groups is 1. The van der Waals surface area contributed by atoms with Gasteiger partial charge in [-0.1, -0.05) is 6.92 Å². The fourth-order valence-electron chi connectivity index (χ4n) is 8.76. The molecule has 3 aromatic carbocycles. The Balaban J connectivity index is 0.870. The lowest BCUT2D eigenvalue weighted by Gasteiger charge is -2.44. The maximum atomic E-state index is 16.0. The number of benzene rings is 3. The molecule has 0 spiro atoms. The Morgan fingerprint density at radius 1 is 1.05 bits per heavy atom. The average molecular weight is 905 g/mol. The van der Waals surface area contributed by atoms with Gasteiger partial charge < -0.3 is 14.2 Å². The minimum atomic E-state index is -3.22. The lowest BCUT2D eigenvalue weighted by molar-refractivity contribution is -0.120. The Kier molecular flexibility index (Phi) is 12.9. The number of likely N-dealkylation sites (tertiary alicyclic amines) is 1. The Morgan fingerprint density at radius 2 is 1.83 bits per heavy atom. The van der Waals surface area contributed by atoms with Gasteiger partial charge in [-0.3, -0.25) is 34.0 Å². The van der Waals surface area contributed by atoms with Gasteiger partial charge in [0.05, 0.1) is 59.6 Å². The van der Waals surface area contributed by atoms with Crippen LogP contribution in [0.2, 0.25) is 0 Å². The zero-order chi connectivity index (χ0) is 45.4. The number of nitrogens with zero attached hydrogens (tertiary/aromatic N) is 8. The van der Waals surface area contributed by atoms with E-state index in [0.29, 0.717) is 54.3 Å². The molecule has 64 heavy (non-hydrogen) atoms. The fourth-order valence-corrected chi connectivity index (χ4v) is 9.31. The number of fused-ring (bicyclic) bond motifs is 2. The molecule has 1 unspecified atom stereocenters. The molecule has 0 radical (unpaired) electrons. The standard InChI is InChI=1S/C44H48F4N10O5S/c1-5-54(3)64-53-37-13-11-34(45)40(32(37)21-49)63-28-10-12-36-30(18-28)42(60)58(24-50-36)25(2)22-62-27-8-6-26(7-9-27)56-16-14-33(44(47,48)23-56)29-20-38-31(19-35(29)46)41(52-55(38)4)57-17-15-39(59)51-43(57)61/h10-13,18-20,24-27,33,53H,5-9,14-17,22-23H2,1-4H3,(H,51,59,61)/t25?,26?,27?,33-/m0/s1. The third-order valence-electron chi connectivity index (χ3n) is 12.4. The van der Waals surface area contributed by atoms with Crippen molar-refractivity contribution < 1.29 is 36.6 Å². The molecule has 5 aromatic rings. The van der Waals surface area contributed by atoms with Crippen LogP contribution in [-0.2, 0) is 16.6 Å². The third kappa shape index (κ3) is 8.98. The molecule has 1 saturated carbocycles. The second-order valence-corrected chi connectivity index (χ2v) is 17.6. The number of aromatic nitrogens is 4. The monoisotopic (exact) mass is 904 g/mol. The number of anilines is 2. The van der Waals surface area contributed by atoms with Crippen LogP contribution >= 0.6 is 12.1 Å². The minimum Gasteiger partial charge on any atom is -0.453 e. The van der Waals surface area contributed by atoms with Crippen LogP contribution < -0.4 is 25.2 Å². The predicted molar refractivity (Wildman–Crippen MR) is 233 cm³/mol. The number of nitriles is 1. The fraction of sp³-hybridized carbons (Fsp3) is 0.455. The molecule has 0 bridgehead atoms. The van der Waals surface area contributed by atoms with Crippen LogP contribution in [0.25, 0.3) is 21.8 Å². The summed E-state index contributed by atoms with van der Waals surface area (Å²) < 4.78 is 82.8. The van der Waals surface area contributed by atoms with Crippen LogP contribution in [0.3, 0.4) is 0 Å². The van der Waals surface area contributed by atoms with E-state index in [-0.39, 0.29) is 77.5 Å². The van der Waals surface area contributed by atoms with E-state index >= 15 is 17.6 Å². The van der Waals surface area contributed by atoms with Crippen LogP contribution in [0.1, 0.15) is 75.5 Å². The van der Waals surface area contributed by atoms with Crippen molar-refractivity contribution in [1.82, 2.24) is 33.9 Å². The van der Waals surface area contributed by atoms with Crippen molar-refractivity contribution in [2.45, 2.75) is 82.4 Å². The number of ether oxygens (including phenoxy) is 2. The molecule has 1 aliphatic carbocycles. The highest BCUT2D eigenvalue weighted by Crippen LogP contribution is 2.45. The smallest absolute Gasteiger partial charge is 0.329 e. The lowest BCUT2D eigenvalue weighted by Crippen LogP contribution is -2.52. The van der Waals surface area contributed by atoms with E-state index in [2.05, 4.69) is 20.1 Å². The SMILES string of the molecule is CCN(C)SNc1ccc(F)c(Oc2ccc3ncn(C(C)COC4CCC(N5CC[C@@H](c6cc7c(cc6F)c(N6CCC(=O)NC6=O)nn7C)C(F)(F)C5)CC4)c(=O)c3c2)c1C#N. The Hall–Kier alpha value is -5.75. The largest absolute Gasteiger partial charge is 0.453 e. The highest BCUT2D eigenvalue weighted by molar-refractivity contribution is 7.98. The van der Waals surface area contributed by atoms with E-state index in [0.717, 1.165) is 12.6 Å². The van der Waals surface area contributed by atoms with Gasteiger partial charge >= 0.3 is 6.03 Å². The first-order chi connectivity index (χ1) is 30.6. The minimum absolute atomic E-state index is 0.0284. The molecule has 8 rings (SSSR count). The molecule has 2 N–H and O–H groups in total. The van der Waals surface area contributed by atoms with E-state index in [9.17, 15) is 19.6 Å². The van der Waals surface area contributed by atoms with E-state index in [1.807, 2.05) is 31.3 Å². The zero-order valence-corrected chi connectivity index (χ0v) is 36.6. The van der Waals surface area contributed by atoms with Crippen molar-refractivity contribution in [3.63, 3.8) is 0 Å². The molecular formula is C44H48F4N10O5S. The number of rotatable bonds is 13. The van der Waals surface area contributed by atoms with Crippen molar-refractivity contribution in [2.75, 3.05) is 49.5 Å². The summed E-state index contributed by atoms with van der Waals surface area (Å²) in [5.74, 6) is -6.50. The van der Waals surface area contributed by atoms with Crippen molar-refractivity contribution in [1.29, 1.82) is 5.26 Å². The highest BCUT2D eigenvalue weighted by atomic mass is 32.2. The van der Waals surface area contributed by atoms with Crippen molar-refractivity contribution in [3.05, 3.63) is 81.9 Å². The Morgan fingerprint density at radius 3 is 2.55 bits per heavy atom. The molecule has 4 heterocycles. The number of hydrogen-bond acceptors (Lipinski definition) is 12. The number of carbonyl (C=O) groups excluding carboxylic acids is 2. The van der Waals surface area contributed by atoms with Gasteiger partial charge in [0.15, 0.2) is 17.4 Å². The first kappa shape index (κ1) is 44.8. The van der Waals surface area contributed by atoms with E-state index < -0.39 is 48.0 Å². The molecule has 15 nitrogen and oxygen atoms in total. The summed E-state index contributed by atoms with van der Waals surface area (Å²) in [6.45, 7) is 4.64. The summed E-state index contributed by atoms with van der Waals surface area (Å²) in [4.78, 5) is 45.4. The molecule has 338 valence electrons. The van der Waals surface area contributed by atoms with Crippen LogP contribution in [-0.4, -0.2) is 98.4 Å². The number of halogens is 4. The van der Waals surface area contributed by atoms with Crippen molar-refractivity contribution in [3.8, 4) is 17.6 Å². The van der Waals surface area contributed by atoms with Gasteiger partial charge in [0.2, 0.25) is 5.91 Å². The average Bonchev–Trinajstić information content (AvgIpc) is 3.59. The van der Waals surface area contributed by atoms with E-state index in [1.54, 1.807) is 24.1 Å². The first-order valence-electron chi connectivity index (χ1n) is 21.2. The van der Waals surface area contributed by atoms with Gasteiger partial charge in [-0.15, -0.1) is 0 Å². The Labute approximate surface area is 370 Å². The lowest BCUT2D eigenvalue weighted by atomic mass is 9.83. The molecule has 3 amide bonds.